The van der Waals surface area contributed by atoms with Crippen molar-refractivity contribution in [1.82, 2.24) is 0 Å². The Balaban J connectivity index is 2.19. The number of aliphatic hydroxyl groups excluding tert-OH is 1. The van der Waals surface area contributed by atoms with Gasteiger partial charge >= 0.3 is 0 Å². The van der Waals surface area contributed by atoms with Gasteiger partial charge in [-0.3, -0.25) is 0 Å². The molecule has 5 heteroatoms. The van der Waals surface area contributed by atoms with E-state index in [0.717, 1.165) is 18.7 Å². The van der Waals surface area contributed by atoms with Crippen LogP contribution in [0, 0.1) is 0 Å². The number of benzene rings is 1. The summed E-state index contributed by atoms with van der Waals surface area (Å²) in [6.07, 6.45) is 0.503. The van der Waals surface area contributed by atoms with Crippen LogP contribution in [0.1, 0.15) is 13.3 Å². The molecule has 0 aliphatic carbocycles. The fraction of sp³-hybridized carbons (Fsp3) is 0.500. The number of anilines is 1. The number of hydrogen-bond donors (Lipinski definition) is 1. The minimum Gasteiger partial charge on any atom is -0.391 e. The number of nitrogens with zero attached hydrogens (tertiary/aromatic N) is 1. The summed E-state index contributed by atoms with van der Waals surface area (Å²) in [6, 6.07) is 6.89. The Morgan fingerprint density at radius 2 is 2.00 bits per heavy atom. The van der Waals surface area contributed by atoms with Gasteiger partial charge in [0.15, 0.2) is 9.84 Å². The maximum absolute atomic E-state index is 11.6. The molecule has 4 nitrogen and oxygen atoms in total. The highest BCUT2D eigenvalue weighted by Crippen LogP contribution is 2.22. The molecule has 0 saturated carbocycles. The largest absolute Gasteiger partial charge is 0.391 e. The van der Waals surface area contributed by atoms with Gasteiger partial charge in [-0.25, -0.2) is 8.42 Å². The summed E-state index contributed by atoms with van der Waals surface area (Å²) in [4.78, 5) is 2.43. The lowest BCUT2D eigenvalue weighted by molar-refractivity contribution is 0.198. The Kier molecular flexibility index (Phi) is 3.40. The number of β-amino-alcohol motifs (C(OH)–C–C–N with tert-alkyl or cyclic N) is 1. The van der Waals surface area contributed by atoms with Crippen LogP contribution in [0.5, 0.6) is 0 Å². The van der Waals surface area contributed by atoms with Crippen molar-refractivity contribution in [1.29, 1.82) is 0 Å². The van der Waals surface area contributed by atoms with Crippen LogP contribution < -0.4 is 4.90 Å². The van der Waals surface area contributed by atoms with Gasteiger partial charge in [-0.15, -0.1) is 0 Å². The summed E-state index contributed by atoms with van der Waals surface area (Å²) >= 11 is 0. The van der Waals surface area contributed by atoms with Crippen molar-refractivity contribution in [2.45, 2.75) is 24.3 Å². The smallest absolute Gasteiger partial charge is 0.178 e. The van der Waals surface area contributed by atoms with Crippen LogP contribution in [0.2, 0.25) is 0 Å². The Labute approximate surface area is 102 Å². The molecule has 1 N–H and O–H groups in total. The normalized spacial score (nSPS) is 20.8. The molecule has 2 rings (SSSR count). The van der Waals surface area contributed by atoms with E-state index in [1.54, 1.807) is 31.2 Å². The second-order valence-electron chi connectivity index (χ2n) is 4.29. The van der Waals surface area contributed by atoms with Crippen LogP contribution in [0.25, 0.3) is 0 Å². The van der Waals surface area contributed by atoms with Crippen LogP contribution in [0.15, 0.2) is 29.2 Å². The topological polar surface area (TPSA) is 57.6 Å². The Morgan fingerprint density at radius 1 is 1.35 bits per heavy atom. The van der Waals surface area contributed by atoms with Crippen molar-refractivity contribution in [3.63, 3.8) is 0 Å². The van der Waals surface area contributed by atoms with Crippen LogP contribution >= 0.6 is 0 Å². The molecular formula is C12H17NO3S. The van der Waals surface area contributed by atoms with Crippen LogP contribution in [0.3, 0.4) is 0 Å². The van der Waals surface area contributed by atoms with E-state index in [1.807, 2.05) is 0 Å². The quantitative estimate of drug-likeness (QED) is 0.877. The molecule has 94 valence electrons. The van der Waals surface area contributed by atoms with E-state index in [2.05, 4.69) is 4.90 Å². The van der Waals surface area contributed by atoms with Crippen LogP contribution in [-0.4, -0.2) is 38.5 Å². The van der Waals surface area contributed by atoms with E-state index in [1.165, 1.54) is 0 Å². The molecule has 0 unspecified atom stereocenters. The Hall–Kier alpha value is -1.07. The molecule has 1 atom stereocenters. The average molecular weight is 255 g/mol. The van der Waals surface area contributed by atoms with Crippen molar-refractivity contribution >= 4 is 15.5 Å². The maximum atomic E-state index is 11.6. The zero-order chi connectivity index (χ0) is 12.5. The fourth-order valence-corrected chi connectivity index (χ4v) is 2.89. The van der Waals surface area contributed by atoms with Gasteiger partial charge in [0.05, 0.1) is 16.8 Å². The minimum absolute atomic E-state index is 0.120. The lowest BCUT2D eigenvalue weighted by Gasteiger charge is -2.17. The molecule has 1 aliphatic rings. The third kappa shape index (κ3) is 2.61. The Bertz CT molecular complexity index is 481. The highest BCUT2D eigenvalue weighted by Gasteiger charge is 2.20. The van der Waals surface area contributed by atoms with Crippen molar-refractivity contribution in [3.05, 3.63) is 24.3 Å². The summed E-state index contributed by atoms with van der Waals surface area (Å²) in [7, 11) is -3.12. The highest BCUT2D eigenvalue weighted by atomic mass is 32.2. The molecule has 0 spiro atoms. The van der Waals surface area contributed by atoms with Gasteiger partial charge in [-0.05, 0) is 30.7 Å². The van der Waals surface area contributed by atoms with Crippen LogP contribution in [-0.2, 0) is 9.84 Å². The van der Waals surface area contributed by atoms with E-state index in [4.69, 9.17) is 0 Å². The first kappa shape index (κ1) is 12.4. The van der Waals surface area contributed by atoms with Gasteiger partial charge in [-0.1, -0.05) is 6.92 Å². The molecule has 0 aromatic heterocycles. The molecule has 1 aromatic rings. The lowest BCUT2D eigenvalue weighted by Crippen LogP contribution is -2.21. The van der Waals surface area contributed by atoms with Crippen molar-refractivity contribution in [2.24, 2.45) is 0 Å². The molecule has 1 fully saturated rings. The summed E-state index contributed by atoms with van der Waals surface area (Å²) in [5.74, 6) is 0.120. The van der Waals surface area contributed by atoms with Gasteiger partial charge in [-0.2, -0.15) is 0 Å². The minimum atomic E-state index is -3.12. The second-order valence-corrected chi connectivity index (χ2v) is 6.56. The summed E-state index contributed by atoms with van der Waals surface area (Å²) in [5, 5.41) is 9.45. The monoisotopic (exact) mass is 255 g/mol. The third-order valence-corrected chi connectivity index (χ3v) is 4.85. The summed E-state index contributed by atoms with van der Waals surface area (Å²) in [6.45, 7) is 3.08. The first-order valence-electron chi connectivity index (χ1n) is 5.79. The van der Waals surface area contributed by atoms with E-state index in [-0.39, 0.29) is 11.9 Å². The van der Waals surface area contributed by atoms with E-state index in [9.17, 15) is 13.5 Å². The number of rotatable bonds is 3. The number of aliphatic hydroxyl groups is 1. The molecule has 1 saturated heterocycles. The second kappa shape index (κ2) is 4.66. The van der Waals surface area contributed by atoms with E-state index < -0.39 is 9.84 Å². The first-order chi connectivity index (χ1) is 8.03. The molecule has 0 amide bonds. The molecule has 17 heavy (non-hydrogen) atoms. The Morgan fingerprint density at radius 3 is 2.47 bits per heavy atom. The lowest BCUT2D eigenvalue weighted by atomic mass is 10.3. The number of hydrogen-bond acceptors (Lipinski definition) is 4. The van der Waals surface area contributed by atoms with E-state index in [0.29, 0.717) is 11.4 Å². The molecule has 1 aliphatic heterocycles. The van der Waals surface area contributed by atoms with Crippen molar-refractivity contribution in [3.8, 4) is 0 Å². The van der Waals surface area contributed by atoms with Crippen molar-refractivity contribution in [2.75, 3.05) is 23.7 Å². The summed E-state index contributed by atoms with van der Waals surface area (Å²) < 4.78 is 23.3. The molecule has 1 aromatic carbocycles. The van der Waals surface area contributed by atoms with Gasteiger partial charge in [0, 0.05) is 18.8 Å². The zero-order valence-corrected chi connectivity index (χ0v) is 10.7. The predicted molar refractivity (Wildman–Crippen MR) is 67.0 cm³/mol. The summed E-state index contributed by atoms with van der Waals surface area (Å²) in [5.41, 5.74) is 0.969. The van der Waals surface area contributed by atoms with Gasteiger partial charge < -0.3 is 10.0 Å². The standard InChI is InChI=1S/C12H17NO3S/c1-2-17(15,16)12-5-3-10(4-6-12)13-8-7-11(14)9-13/h3-6,11,14H,2,7-9H2,1H3/t11-/m0/s1. The fourth-order valence-electron chi connectivity index (χ4n) is 2.01. The van der Waals surface area contributed by atoms with Gasteiger partial charge in [0.2, 0.25) is 0 Å². The SMILES string of the molecule is CCS(=O)(=O)c1ccc(N2CC[C@H](O)C2)cc1. The van der Waals surface area contributed by atoms with E-state index >= 15 is 0 Å². The molecule has 0 radical (unpaired) electrons. The molecule has 0 bridgehead atoms. The first-order valence-corrected chi connectivity index (χ1v) is 7.44. The average Bonchev–Trinajstić information content (AvgIpc) is 2.76. The van der Waals surface area contributed by atoms with Gasteiger partial charge in [0.25, 0.3) is 0 Å². The zero-order valence-electron chi connectivity index (χ0n) is 9.83. The van der Waals surface area contributed by atoms with Crippen molar-refractivity contribution < 1.29 is 13.5 Å². The predicted octanol–water partition coefficient (Wildman–Crippen LogP) is 1.05. The van der Waals surface area contributed by atoms with Crippen LogP contribution in [0.4, 0.5) is 5.69 Å². The highest BCUT2D eigenvalue weighted by molar-refractivity contribution is 7.91. The molecule has 1 heterocycles. The number of sulfone groups is 1. The molecular weight excluding hydrogens is 238 g/mol. The maximum Gasteiger partial charge on any atom is 0.178 e. The third-order valence-electron chi connectivity index (χ3n) is 3.10. The van der Waals surface area contributed by atoms with Gasteiger partial charge in [0.1, 0.15) is 0 Å².